The van der Waals surface area contributed by atoms with Crippen LogP contribution in [0.4, 0.5) is 0 Å². The van der Waals surface area contributed by atoms with Crippen molar-refractivity contribution in [2.24, 2.45) is 0 Å². The van der Waals surface area contributed by atoms with E-state index in [1.54, 1.807) is 30.7 Å². The van der Waals surface area contributed by atoms with Gasteiger partial charge in [0, 0.05) is 17.5 Å². The van der Waals surface area contributed by atoms with Crippen molar-refractivity contribution in [1.82, 2.24) is 20.5 Å². The van der Waals surface area contributed by atoms with Gasteiger partial charge in [0.25, 0.3) is 5.91 Å². The van der Waals surface area contributed by atoms with Gasteiger partial charge in [-0.15, -0.1) is 0 Å². The summed E-state index contributed by atoms with van der Waals surface area (Å²) in [4.78, 5) is 16.3. The molecule has 7 nitrogen and oxygen atoms in total. The van der Waals surface area contributed by atoms with Crippen molar-refractivity contribution in [2.75, 3.05) is 13.2 Å². The molecule has 2 N–H and O–H groups in total. The van der Waals surface area contributed by atoms with Crippen LogP contribution in [-0.2, 0) is 4.74 Å². The van der Waals surface area contributed by atoms with Crippen LogP contribution >= 0.6 is 0 Å². The average molecular weight is 288 g/mol. The quantitative estimate of drug-likeness (QED) is 0.864. The summed E-state index contributed by atoms with van der Waals surface area (Å²) in [5, 5.41) is 9.44. The number of pyridine rings is 1. The summed E-state index contributed by atoms with van der Waals surface area (Å²) >= 11 is 0. The molecule has 1 amide bonds. The summed E-state index contributed by atoms with van der Waals surface area (Å²) in [5.41, 5.74) is 1.38. The highest BCUT2D eigenvalue weighted by molar-refractivity contribution is 5.94. The third-order valence-electron chi connectivity index (χ3n) is 3.26. The van der Waals surface area contributed by atoms with Crippen LogP contribution in [-0.4, -0.2) is 46.4 Å². The molecule has 110 valence electrons. The normalized spacial score (nSPS) is 21.2. The first-order valence-electron chi connectivity index (χ1n) is 6.69. The first kappa shape index (κ1) is 13.6. The molecular formula is C14H16N4O3. The maximum atomic E-state index is 12.2. The number of aromatic amines is 1. The molecule has 0 bridgehead atoms. The molecule has 0 saturated carbocycles. The monoisotopic (exact) mass is 288 g/mol. The molecule has 7 heteroatoms. The van der Waals surface area contributed by atoms with Crippen LogP contribution in [0.5, 0.6) is 5.75 Å². The number of H-pyrrole nitrogens is 1. The van der Waals surface area contributed by atoms with E-state index in [0.29, 0.717) is 24.5 Å². The molecule has 1 fully saturated rings. The predicted molar refractivity (Wildman–Crippen MR) is 74.1 cm³/mol. The lowest BCUT2D eigenvalue weighted by Gasteiger charge is -2.19. The number of ether oxygens (including phenoxy) is 2. The van der Waals surface area contributed by atoms with Gasteiger partial charge in [0.1, 0.15) is 6.10 Å². The number of aryl methyl sites for hydroxylation is 1. The molecule has 0 spiro atoms. The summed E-state index contributed by atoms with van der Waals surface area (Å²) in [6.07, 6.45) is 4.64. The molecule has 2 aromatic heterocycles. The van der Waals surface area contributed by atoms with Crippen LogP contribution < -0.4 is 10.1 Å². The van der Waals surface area contributed by atoms with Gasteiger partial charge in [0.05, 0.1) is 31.6 Å². The number of carbonyl (C=O) groups excluding carboxylic acids is 1. The van der Waals surface area contributed by atoms with Gasteiger partial charge in [0.2, 0.25) is 0 Å². The van der Waals surface area contributed by atoms with E-state index in [4.69, 9.17) is 9.47 Å². The highest BCUT2D eigenvalue weighted by Gasteiger charge is 2.31. The number of hydrogen-bond acceptors (Lipinski definition) is 5. The van der Waals surface area contributed by atoms with Crippen molar-refractivity contribution in [1.29, 1.82) is 0 Å². The molecule has 1 saturated heterocycles. The van der Waals surface area contributed by atoms with Crippen LogP contribution in [0.3, 0.4) is 0 Å². The second-order valence-electron chi connectivity index (χ2n) is 4.89. The van der Waals surface area contributed by atoms with Crippen LogP contribution in [0.1, 0.15) is 16.1 Å². The Morgan fingerprint density at radius 1 is 1.52 bits per heavy atom. The second-order valence-corrected chi connectivity index (χ2v) is 4.89. The molecule has 0 aliphatic carbocycles. The fourth-order valence-corrected chi connectivity index (χ4v) is 2.20. The molecule has 1 aliphatic rings. The lowest BCUT2D eigenvalue weighted by Crippen LogP contribution is -2.45. The van der Waals surface area contributed by atoms with Gasteiger partial charge < -0.3 is 14.8 Å². The fourth-order valence-electron chi connectivity index (χ4n) is 2.20. The van der Waals surface area contributed by atoms with E-state index < -0.39 is 0 Å². The Hall–Kier alpha value is -2.41. The number of hydrogen-bond donors (Lipinski definition) is 2. The standard InChI is InChI=1S/C14H16N4O3/c1-9-4-10(2-3-15-9)14(19)18-12-7-20-8-13(12)21-11-5-16-17-6-11/h2-6,12-13H,7-8H2,1H3,(H,16,17)(H,18,19)/t12-,13+/m0/s1. The van der Waals surface area contributed by atoms with Crippen LogP contribution in [0.2, 0.25) is 0 Å². The lowest BCUT2D eigenvalue weighted by atomic mass is 10.1. The van der Waals surface area contributed by atoms with Crippen LogP contribution in [0.15, 0.2) is 30.7 Å². The maximum Gasteiger partial charge on any atom is 0.251 e. The molecule has 2 atom stereocenters. The van der Waals surface area contributed by atoms with E-state index >= 15 is 0 Å². The molecule has 2 aromatic rings. The second kappa shape index (κ2) is 5.92. The van der Waals surface area contributed by atoms with Crippen molar-refractivity contribution in [3.8, 4) is 5.75 Å². The summed E-state index contributed by atoms with van der Waals surface area (Å²) < 4.78 is 11.1. The SMILES string of the molecule is Cc1cc(C(=O)N[C@H]2COC[C@H]2Oc2cn[nH]c2)ccn1. The summed E-state index contributed by atoms with van der Waals surface area (Å²) in [6.45, 7) is 2.71. The Kier molecular flexibility index (Phi) is 3.83. The zero-order chi connectivity index (χ0) is 14.7. The van der Waals surface area contributed by atoms with E-state index in [9.17, 15) is 4.79 Å². The fraction of sp³-hybridized carbons (Fsp3) is 0.357. The van der Waals surface area contributed by atoms with Gasteiger partial charge >= 0.3 is 0 Å². The minimum Gasteiger partial charge on any atom is -0.482 e. The number of rotatable bonds is 4. The molecule has 0 aromatic carbocycles. The Morgan fingerprint density at radius 3 is 3.19 bits per heavy atom. The van der Waals surface area contributed by atoms with Gasteiger partial charge in [-0.25, -0.2) is 0 Å². The van der Waals surface area contributed by atoms with Gasteiger partial charge in [-0.05, 0) is 19.1 Å². The predicted octanol–water partition coefficient (Wildman–Crippen LogP) is 0.689. The van der Waals surface area contributed by atoms with E-state index in [1.165, 1.54) is 0 Å². The van der Waals surface area contributed by atoms with Crippen LogP contribution in [0.25, 0.3) is 0 Å². The summed E-state index contributed by atoms with van der Waals surface area (Å²) in [5.74, 6) is 0.473. The Morgan fingerprint density at radius 2 is 2.43 bits per heavy atom. The minimum atomic E-state index is -0.227. The number of nitrogens with one attached hydrogen (secondary N) is 2. The minimum absolute atomic E-state index is 0.156. The van der Waals surface area contributed by atoms with E-state index in [0.717, 1.165) is 5.69 Å². The highest BCUT2D eigenvalue weighted by Crippen LogP contribution is 2.16. The van der Waals surface area contributed by atoms with Crippen molar-refractivity contribution in [3.63, 3.8) is 0 Å². The highest BCUT2D eigenvalue weighted by atomic mass is 16.5. The summed E-state index contributed by atoms with van der Waals surface area (Å²) in [7, 11) is 0. The molecule has 3 heterocycles. The topological polar surface area (TPSA) is 89.1 Å². The largest absolute Gasteiger partial charge is 0.482 e. The van der Waals surface area contributed by atoms with Gasteiger partial charge in [-0.2, -0.15) is 5.10 Å². The van der Waals surface area contributed by atoms with Gasteiger partial charge in [-0.3, -0.25) is 14.9 Å². The maximum absolute atomic E-state index is 12.2. The van der Waals surface area contributed by atoms with Crippen molar-refractivity contribution < 1.29 is 14.3 Å². The molecule has 0 radical (unpaired) electrons. The average Bonchev–Trinajstić information content (AvgIpc) is 3.12. The summed E-state index contributed by atoms with van der Waals surface area (Å²) in [6, 6.07) is 3.24. The van der Waals surface area contributed by atoms with Crippen molar-refractivity contribution in [2.45, 2.75) is 19.1 Å². The third kappa shape index (κ3) is 3.19. The Bertz CT molecular complexity index is 614. The van der Waals surface area contributed by atoms with E-state index in [1.807, 2.05) is 6.92 Å². The van der Waals surface area contributed by atoms with E-state index in [2.05, 4.69) is 20.5 Å². The number of nitrogens with zero attached hydrogens (tertiary/aromatic N) is 2. The van der Waals surface area contributed by atoms with Crippen molar-refractivity contribution in [3.05, 3.63) is 42.0 Å². The van der Waals surface area contributed by atoms with Crippen LogP contribution in [0, 0.1) is 6.92 Å². The Labute approximate surface area is 121 Å². The van der Waals surface area contributed by atoms with Crippen molar-refractivity contribution >= 4 is 5.91 Å². The van der Waals surface area contributed by atoms with E-state index in [-0.39, 0.29) is 18.1 Å². The number of carbonyl (C=O) groups is 1. The molecule has 21 heavy (non-hydrogen) atoms. The first-order chi connectivity index (χ1) is 10.2. The van der Waals surface area contributed by atoms with Gasteiger partial charge in [-0.1, -0.05) is 0 Å². The number of amides is 1. The molecular weight excluding hydrogens is 272 g/mol. The molecule has 3 rings (SSSR count). The van der Waals surface area contributed by atoms with Gasteiger partial charge in [0.15, 0.2) is 5.75 Å². The molecule has 0 unspecified atom stereocenters. The Balaban J connectivity index is 1.64. The zero-order valence-corrected chi connectivity index (χ0v) is 11.6. The first-order valence-corrected chi connectivity index (χ1v) is 6.69. The smallest absolute Gasteiger partial charge is 0.251 e. The molecule has 1 aliphatic heterocycles. The number of aromatic nitrogens is 3. The third-order valence-corrected chi connectivity index (χ3v) is 3.26. The zero-order valence-electron chi connectivity index (χ0n) is 11.6. The lowest BCUT2D eigenvalue weighted by molar-refractivity contribution is 0.0904.